The van der Waals surface area contributed by atoms with Gasteiger partial charge in [0.15, 0.2) is 11.5 Å². The van der Waals surface area contributed by atoms with Crippen molar-refractivity contribution in [1.29, 1.82) is 5.26 Å². The molecular weight excluding hydrogens is 394 g/mol. The first-order valence-electron chi connectivity index (χ1n) is 9.39. The van der Waals surface area contributed by atoms with Crippen molar-refractivity contribution in [2.45, 2.75) is 0 Å². The van der Waals surface area contributed by atoms with E-state index in [2.05, 4.69) is 6.07 Å². The van der Waals surface area contributed by atoms with Gasteiger partial charge < -0.3 is 18.9 Å². The van der Waals surface area contributed by atoms with Crippen LogP contribution in [-0.2, 0) is 0 Å². The van der Waals surface area contributed by atoms with Gasteiger partial charge >= 0.3 is 5.97 Å². The molecule has 0 saturated heterocycles. The van der Waals surface area contributed by atoms with E-state index in [9.17, 15) is 10.1 Å². The van der Waals surface area contributed by atoms with E-state index in [1.807, 2.05) is 30.3 Å². The predicted molar refractivity (Wildman–Crippen MR) is 117 cm³/mol. The fourth-order valence-electron chi connectivity index (χ4n) is 3.03. The van der Waals surface area contributed by atoms with Crippen molar-refractivity contribution in [2.24, 2.45) is 0 Å². The Labute approximate surface area is 180 Å². The maximum absolute atomic E-state index is 12.8. The van der Waals surface area contributed by atoms with Crippen molar-refractivity contribution in [3.05, 3.63) is 83.4 Å². The molecule has 3 aromatic rings. The molecule has 0 aliphatic rings. The summed E-state index contributed by atoms with van der Waals surface area (Å²) in [5.41, 5.74) is 2.22. The van der Waals surface area contributed by atoms with Crippen molar-refractivity contribution >= 4 is 17.6 Å². The van der Waals surface area contributed by atoms with Crippen LogP contribution in [0, 0.1) is 11.3 Å². The Bertz CT molecular complexity index is 1120. The molecular formula is C25H21NO5. The number of hydrogen-bond acceptors (Lipinski definition) is 6. The van der Waals surface area contributed by atoms with Crippen LogP contribution < -0.4 is 18.9 Å². The molecule has 0 aliphatic carbocycles. The van der Waals surface area contributed by atoms with E-state index in [-0.39, 0.29) is 11.3 Å². The van der Waals surface area contributed by atoms with E-state index in [1.165, 1.54) is 21.3 Å². The van der Waals surface area contributed by atoms with Crippen molar-refractivity contribution in [2.75, 3.05) is 21.3 Å². The summed E-state index contributed by atoms with van der Waals surface area (Å²) in [6, 6.07) is 21.6. The first-order chi connectivity index (χ1) is 15.1. The number of nitriles is 1. The molecule has 0 amide bonds. The van der Waals surface area contributed by atoms with E-state index in [0.29, 0.717) is 22.8 Å². The van der Waals surface area contributed by atoms with Gasteiger partial charge in [-0.3, -0.25) is 0 Å². The highest BCUT2D eigenvalue weighted by Gasteiger charge is 2.21. The average molecular weight is 415 g/mol. The quantitative estimate of drug-likeness (QED) is 0.234. The number of methoxy groups -OCH3 is 3. The Morgan fingerprint density at radius 2 is 1.45 bits per heavy atom. The number of ether oxygens (including phenoxy) is 4. The minimum Gasteiger partial charge on any atom is -0.496 e. The Morgan fingerprint density at radius 1 is 0.806 bits per heavy atom. The standard InChI is InChI=1S/C25H21NO5/c1-28-21-10-7-11-22(29-2)24(21)25(27)31-20-13-12-17(15-23(20)30-3)14-19(16-26)18-8-5-4-6-9-18/h4-15H,1-3H3/b19-14-. The van der Waals surface area contributed by atoms with Crippen molar-refractivity contribution in [1.82, 2.24) is 0 Å². The Kier molecular flexibility index (Phi) is 6.92. The number of hydrogen-bond donors (Lipinski definition) is 0. The van der Waals surface area contributed by atoms with Crippen molar-refractivity contribution < 1.29 is 23.7 Å². The molecule has 3 rings (SSSR count). The van der Waals surface area contributed by atoms with Crippen LogP contribution in [0.4, 0.5) is 0 Å². The van der Waals surface area contributed by atoms with Gasteiger partial charge in [0, 0.05) is 0 Å². The van der Waals surface area contributed by atoms with Crippen LogP contribution in [0.1, 0.15) is 21.5 Å². The van der Waals surface area contributed by atoms with Crippen LogP contribution in [0.15, 0.2) is 66.7 Å². The van der Waals surface area contributed by atoms with E-state index in [1.54, 1.807) is 42.5 Å². The van der Waals surface area contributed by atoms with Crippen molar-refractivity contribution in [3.63, 3.8) is 0 Å². The average Bonchev–Trinajstić information content (AvgIpc) is 2.83. The van der Waals surface area contributed by atoms with E-state index < -0.39 is 5.97 Å². The number of allylic oxidation sites excluding steroid dienone is 1. The number of carbonyl (C=O) groups excluding carboxylic acids is 1. The second-order valence-electron chi connectivity index (χ2n) is 6.37. The zero-order chi connectivity index (χ0) is 22.2. The second-order valence-corrected chi connectivity index (χ2v) is 6.37. The van der Waals surface area contributed by atoms with Crippen LogP contribution in [0.25, 0.3) is 11.6 Å². The monoisotopic (exact) mass is 415 g/mol. The first-order valence-corrected chi connectivity index (χ1v) is 9.39. The molecule has 3 aromatic carbocycles. The molecule has 0 fully saturated rings. The molecule has 156 valence electrons. The third-order valence-electron chi connectivity index (χ3n) is 4.54. The molecule has 0 radical (unpaired) electrons. The third kappa shape index (κ3) is 4.85. The summed E-state index contributed by atoms with van der Waals surface area (Å²) in [5.74, 6) is 0.615. The Morgan fingerprint density at radius 3 is 2.03 bits per heavy atom. The van der Waals surface area contributed by atoms with Gasteiger partial charge in [0.2, 0.25) is 0 Å². The predicted octanol–water partition coefficient (Wildman–Crippen LogP) is 5.00. The molecule has 0 aliphatic heterocycles. The molecule has 0 aromatic heterocycles. The zero-order valence-electron chi connectivity index (χ0n) is 17.4. The zero-order valence-corrected chi connectivity index (χ0v) is 17.4. The fourth-order valence-corrected chi connectivity index (χ4v) is 3.03. The van der Waals surface area contributed by atoms with E-state index in [4.69, 9.17) is 18.9 Å². The van der Waals surface area contributed by atoms with Gasteiger partial charge in [-0.1, -0.05) is 42.5 Å². The lowest BCUT2D eigenvalue weighted by atomic mass is 10.0. The van der Waals surface area contributed by atoms with Gasteiger partial charge in [0.05, 0.1) is 33.0 Å². The number of benzene rings is 3. The molecule has 0 saturated carbocycles. The molecule has 31 heavy (non-hydrogen) atoms. The Balaban J connectivity index is 1.92. The largest absolute Gasteiger partial charge is 0.496 e. The number of rotatable bonds is 7. The lowest BCUT2D eigenvalue weighted by molar-refractivity contribution is 0.0722. The summed E-state index contributed by atoms with van der Waals surface area (Å²) in [6.07, 6.45) is 1.74. The molecule has 0 unspecified atom stereocenters. The minimum atomic E-state index is -0.641. The SMILES string of the molecule is COc1cc(/C=C(/C#N)c2ccccc2)ccc1OC(=O)c1c(OC)cccc1OC. The van der Waals surface area contributed by atoms with Crippen molar-refractivity contribution in [3.8, 4) is 29.1 Å². The highest BCUT2D eigenvalue weighted by atomic mass is 16.6. The molecule has 6 heteroatoms. The molecule has 0 heterocycles. The summed E-state index contributed by atoms with van der Waals surface area (Å²) >= 11 is 0. The van der Waals surface area contributed by atoms with Gasteiger partial charge in [0.25, 0.3) is 0 Å². The van der Waals surface area contributed by atoms with Gasteiger partial charge in [-0.25, -0.2) is 4.79 Å². The van der Waals surface area contributed by atoms with Gasteiger partial charge in [-0.15, -0.1) is 0 Å². The maximum atomic E-state index is 12.8. The number of esters is 1. The van der Waals surface area contributed by atoms with Gasteiger partial charge in [-0.05, 0) is 41.5 Å². The highest BCUT2D eigenvalue weighted by Crippen LogP contribution is 2.33. The fraction of sp³-hybridized carbons (Fsp3) is 0.120. The Hall–Kier alpha value is -4.24. The van der Waals surface area contributed by atoms with Crippen LogP contribution >= 0.6 is 0 Å². The first kappa shape index (κ1) is 21.5. The molecule has 0 N–H and O–H groups in total. The summed E-state index contributed by atoms with van der Waals surface area (Å²) in [7, 11) is 4.41. The lowest BCUT2D eigenvalue weighted by Gasteiger charge is -2.14. The third-order valence-corrected chi connectivity index (χ3v) is 4.54. The summed E-state index contributed by atoms with van der Waals surface area (Å²) in [5, 5.41) is 9.52. The molecule has 0 bridgehead atoms. The second kappa shape index (κ2) is 9.99. The molecule has 0 atom stereocenters. The number of carbonyl (C=O) groups is 1. The van der Waals surface area contributed by atoms with E-state index >= 15 is 0 Å². The topological polar surface area (TPSA) is 77.8 Å². The minimum absolute atomic E-state index is 0.175. The molecule has 6 nitrogen and oxygen atoms in total. The summed E-state index contributed by atoms with van der Waals surface area (Å²) < 4.78 is 21.5. The normalized spacial score (nSPS) is 10.7. The molecule has 0 spiro atoms. The number of nitrogens with zero attached hydrogens (tertiary/aromatic N) is 1. The van der Waals surface area contributed by atoms with Crippen LogP contribution in [-0.4, -0.2) is 27.3 Å². The van der Waals surface area contributed by atoms with E-state index in [0.717, 1.165) is 11.1 Å². The van der Waals surface area contributed by atoms with Crippen LogP contribution in [0.2, 0.25) is 0 Å². The summed E-state index contributed by atoms with van der Waals surface area (Å²) in [6.45, 7) is 0. The smallest absolute Gasteiger partial charge is 0.351 e. The van der Waals surface area contributed by atoms with Gasteiger partial charge in [0.1, 0.15) is 17.1 Å². The van der Waals surface area contributed by atoms with Crippen LogP contribution in [0.5, 0.6) is 23.0 Å². The maximum Gasteiger partial charge on any atom is 0.351 e. The summed E-state index contributed by atoms with van der Waals surface area (Å²) in [4.78, 5) is 12.8. The van der Waals surface area contributed by atoms with Crippen LogP contribution in [0.3, 0.4) is 0 Å². The lowest BCUT2D eigenvalue weighted by Crippen LogP contribution is -2.12. The van der Waals surface area contributed by atoms with Gasteiger partial charge in [-0.2, -0.15) is 5.26 Å². The highest BCUT2D eigenvalue weighted by molar-refractivity contribution is 5.97.